The quantitative estimate of drug-likeness (QED) is 0.403. The zero-order valence-corrected chi connectivity index (χ0v) is 23.3. The summed E-state index contributed by atoms with van der Waals surface area (Å²) in [6, 6.07) is 13.0. The van der Waals surface area contributed by atoms with Gasteiger partial charge in [0, 0.05) is 24.2 Å². The third kappa shape index (κ3) is 5.25. The largest absolute Gasteiger partial charge is 0.395 e. The number of hydrogen-bond donors (Lipinski definition) is 3. The number of hydrogen-bond acceptors (Lipinski definition) is 6. The number of aromatic nitrogens is 1. The lowest BCUT2D eigenvalue weighted by molar-refractivity contribution is -0.0613. The number of nitrogens with one attached hydrogen (secondary N) is 2. The third-order valence-corrected chi connectivity index (χ3v) is 9.69. The van der Waals surface area contributed by atoms with Crippen molar-refractivity contribution in [1.29, 1.82) is 0 Å². The van der Waals surface area contributed by atoms with E-state index in [4.69, 9.17) is 9.84 Å². The third-order valence-electron chi connectivity index (χ3n) is 8.43. The van der Waals surface area contributed by atoms with E-state index in [2.05, 4.69) is 45.5 Å². The number of sulfonamides is 1. The van der Waals surface area contributed by atoms with Crippen LogP contribution in [-0.4, -0.2) is 55.0 Å². The van der Waals surface area contributed by atoms with Gasteiger partial charge in [0.15, 0.2) is 0 Å². The van der Waals surface area contributed by atoms with E-state index in [1.807, 2.05) is 12.1 Å². The van der Waals surface area contributed by atoms with Gasteiger partial charge in [0.2, 0.25) is 10.0 Å². The van der Waals surface area contributed by atoms with E-state index in [9.17, 15) is 13.2 Å². The zero-order chi connectivity index (χ0) is 27.4. The topological polar surface area (TPSA) is 113 Å². The smallest absolute Gasteiger partial charge is 0.257 e. The van der Waals surface area contributed by atoms with Crippen LogP contribution in [0, 0.1) is 5.41 Å². The number of aliphatic hydroxyl groups excluding tert-OH is 1. The molecule has 0 bridgehead atoms. The van der Waals surface area contributed by atoms with Crippen molar-refractivity contribution in [3.63, 3.8) is 0 Å². The predicted octanol–water partition coefficient (Wildman–Crippen LogP) is 4.32. The first-order chi connectivity index (χ1) is 18.6. The maximum atomic E-state index is 13.8. The van der Waals surface area contributed by atoms with Gasteiger partial charge in [-0.05, 0) is 81.3 Å². The van der Waals surface area contributed by atoms with Gasteiger partial charge in [-0.25, -0.2) is 8.42 Å². The second-order valence-corrected chi connectivity index (χ2v) is 13.7. The number of carbonyl (C=O) groups excluding carboxylic acids is 1. The summed E-state index contributed by atoms with van der Waals surface area (Å²) in [7, 11) is -3.69. The Morgan fingerprint density at radius 3 is 2.56 bits per heavy atom. The van der Waals surface area contributed by atoms with Crippen LogP contribution >= 0.6 is 0 Å². The Bertz CT molecular complexity index is 1530. The highest BCUT2D eigenvalue weighted by Crippen LogP contribution is 2.54. The second-order valence-electron chi connectivity index (χ2n) is 11.8. The molecule has 1 saturated carbocycles. The molecule has 1 aromatic heterocycles. The molecule has 3 N–H and O–H groups in total. The summed E-state index contributed by atoms with van der Waals surface area (Å²) < 4.78 is 35.4. The molecule has 1 spiro atoms. The average Bonchev–Trinajstić information content (AvgIpc) is 3.54. The second kappa shape index (κ2) is 9.53. The van der Waals surface area contributed by atoms with Crippen molar-refractivity contribution < 1.29 is 23.1 Å². The fraction of sp³-hybridized carbons (Fsp3) is 0.483. The maximum Gasteiger partial charge on any atom is 0.257 e. The minimum absolute atomic E-state index is 0.241. The van der Waals surface area contributed by atoms with Crippen molar-refractivity contribution in [3.8, 4) is 0 Å². The van der Waals surface area contributed by atoms with Crippen LogP contribution in [0.3, 0.4) is 0 Å². The highest BCUT2D eigenvalue weighted by Gasteiger charge is 2.44. The summed E-state index contributed by atoms with van der Waals surface area (Å²) in [4.78, 5) is 16.0. The molecule has 3 aliphatic rings. The number of piperidine rings is 1. The molecule has 0 atom stereocenters. The molecule has 1 amide bonds. The van der Waals surface area contributed by atoms with Gasteiger partial charge in [0.1, 0.15) is 0 Å². The van der Waals surface area contributed by atoms with Crippen LogP contribution in [0.5, 0.6) is 0 Å². The molecule has 3 aromatic rings. The summed E-state index contributed by atoms with van der Waals surface area (Å²) in [5.41, 5.74) is 4.65. The van der Waals surface area contributed by atoms with E-state index in [1.54, 1.807) is 18.2 Å². The molecule has 10 heteroatoms. The van der Waals surface area contributed by atoms with E-state index < -0.39 is 16.6 Å². The van der Waals surface area contributed by atoms with Crippen molar-refractivity contribution in [3.05, 3.63) is 53.7 Å². The van der Waals surface area contributed by atoms with Crippen molar-refractivity contribution in [1.82, 2.24) is 4.57 Å². The summed E-state index contributed by atoms with van der Waals surface area (Å²) >= 11 is 0. The summed E-state index contributed by atoms with van der Waals surface area (Å²) in [5.74, 6) is -0.625. The van der Waals surface area contributed by atoms with Crippen LogP contribution in [0.25, 0.3) is 10.9 Å². The SMILES string of the molecule is CC1(C)Cn2c(cc3c(NC(=O)c4ccc(NS(=O)(=O)CCO)cc4N4CCC5(CC4)CC5)cccc32)CO1. The molecule has 1 saturated heterocycles. The van der Waals surface area contributed by atoms with Gasteiger partial charge in [-0.15, -0.1) is 0 Å². The number of nitrogens with zero attached hydrogens (tertiary/aromatic N) is 2. The van der Waals surface area contributed by atoms with Crippen LogP contribution in [0.2, 0.25) is 0 Å². The number of fused-ring (bicyclic) bond motifs is 3. The normalized spacial score (nSPS) is 19.6. The fourth-order valence-electron chi connectivity index (χ4n) is 5.94. The number of carbonyl (C=O) groups is 1. The molecule has 2 aliphatic heterocycles. The van der Waals surface area contributed by atoms with Gasteiger partial charge >= 0.3 is 0 Å². The molecule has 0 radical (unpaired) electrons. The highest BCUT2D eigenvalue weighted by molar-refractivity contribution is 7.92. The monoisotopic (exact) mass is 552 g/mol. The van der Waals surface area contributed by atoms with Crippen LogP contribution in [0.15, 0.2) is 42.5 Å². The van der Waals surface area contributed by atoms with Gasteiger partial charge < -0.3 is 24.6 Å². The standard InChI is InChI=1S/C29H36N4O5S/c1-28(2)19-33-21(18-38-28)17-23-24(4-3-5-25(23)33)30-27(35)22-7-6-20(31-39(36,37)15-14-34)16-26(22)32-12-10-29(8-9-29)11-13-32/h3-7,16-17,31,34H,8-15,18-19H2,1-2H3,(H,30,35). The lowest BCUT2D eigenvalue weighted by Gasteiger charge is -2.35. The summed E-state index contributed by atoms with van der Waals surface area (Å²) in [6.07, 6.45) is 4.68. The van der Waals surface area contributed by atoms with Gasteiger partial charge in [-0.1, -0.05) is 6.07 Å². The molecule has 208 valence electrons. The van der Waals surface area contributed by atoms with Gasteiger partial charge in [-0.2, -0.15) is 0 Å². The van der Waals surface area contributed by atoms with Gasteiger partial charge in [0.05, 0.1) is 59.3 Å². The first kappa shape index (κ1) is 26.2. The maximum absolute atomic E-state index is 13.8. The number of benzene rings is 2. The van der Waals surface area contributed by atoms with Gasteiger partial charge in [0.25, 0.3) is 5.91 Å². The van der Waals surface area contributed by atoms with Crippen LogP contribution < -0.4 is 14.9 Å². The molecular weight excluding hydrogens is 516 g/mol. The van der Waals surface area contributed by atoms with Crippen molar-refractivity contribution in [2.75, 3.05) is 40.4 Å². The Hall–Kier alpha value is -3.08. The number of amides is 1. The Morgan fingerprint density at radius 2 is 1.85 bits per heavy atom. The number of anilines is 3. The first-order valence-electron chi connectivity index (χ1n) is 13.6. The molecule has 6 rings (SSSR count). The van der Waals surface area contributed by atoms with Crippen LogP contribution in [0.1, 0.15) is 55.6 Å². The minimum Gasteiger partial charge on any atom is -0.395 e. The summed E-state index contributed by atoms with van der Waals surface area (Å²) in [6.45, 7) is 6.59. The van der Waals surface area contributed by atoms with Crippen molar-refractivity contribution in [2.45, 2.75) is 58.3 Å². The van der Waals surface area contributed by atoms with Crippen molar-refractivity contribution >= 4 is 43.9 Å². The van der Waals surface area contributed by atoms with E-state index in [-0.39, 0.29) is 17.3 Å². The molecule has 1 aliphatic carbocycles. The fourth-order valence-corrected chi connectivity index (χ4v) is 6.77. The van der Waals surface area contributed by atoms with E-state index in [0.717, 1.165) is 54.8 Å². The van der Waals surface area contributed by atoms with E-state index in [0.29, 0.717) is 29.0 Å². The molecule has 2 aromatic carbocycles. The Balaban J connectivity index is 1.32. The van der Waals surface area contributed by atoms with Crippen LogP contribution in [-0.2, 0) is 27.9 Å². The number of ether oxygens (including phenoxy) is 1. The van der Waals surface area contributed by atoms with Crippen molar-refractivity contribution in [2.24, 2.45) is 5.41 Å². The first-order valence-corrected chi connectivity index (χ1v) is 15.3. The average molecular weight is 553 g/mol. The molecule has 3 heterocycles. The molecular formula is C29H36N4O5S. The van der Waals surface area contributed by atoms with Gasteiger partial charge in [-0.3, -0.25) is 9.52 Å². The number of rotatable bonds is 7. The predicted molar refractivity (Wildman–Crippen MR) is 153 cm³/mol. The highest BCUT2D eigenvalue weighted by atomic mass is 32.2. The Morgan fingerprint density at radius 1 is 1.08 bits per heavy atom. The number of aliphatic hydroxyl groups is 1. The zero-order valence-electron chi connectivity index (χ0n) is 22.5. The lowest BCUT2D eigenvalue weighted by Crippen LogP contribution is -2.35. The van der Waals surface area contributed by atoms with Crippen LogP contribution in [0.4, 0.5) is 17.1 Å². The Labute approximate surface area is 229 Å². The lowest BCUT2D eigenvalue weighted by atomic mass is 9.93. The Kier molecular flexibility index (Phi) is 6.39. The molecule has 39 heavy (non-hydrogen) atoms. The van der Waals surface area contributed by atoms with E-state index >= 15 is 0 Å². The molecule has 0 unspecified atom stereocenters. The molecule has 9 nitrogen and oxygen atoms in total. The minimum atomic E-state index is -3.69. The van der Waals surface area contributed by atoms with E-state index in [1.165, 1.54) is 12.8 Å². The summed E-state index contributed by atoms with van der Waals surface area (Å²) in [5, 5.41) is 13.2. The molecule has 2 fully saturated rings.